The third kappa shape index (κ3) is 5.02. The first kappa shape index (κ1) is 25.1. The second kappa shape index (κ2) is 10.4. The smallest absolute Gasteiger partial charge is 0.321 e. The third-order valence-corrected chi connectivity index (χ3v) is 8.07. The monoisotopic (exact) mass is 503 g/mol. The molecule has 0 unspecified atom stereocenters. The molecular formula is C29H37N5O3. The van der Waals surface area contributed by atoms with Crippen LogP contribution in [0.1, 0.15) is 51.0 Å². The fourth-order valence-corrected chi connectivity index (χ4v) is 5.79. The van der Waals surface area contributed by atoms with E-state index in [1.807, 2.05) is 59.5 Å². The molecule has 1 spiro atoms. The number of carbonyl (C=O) groups is 3. The number of hydrogen-bond donors (Lipinski definition) is 1. The summed E-state index contributed by atoms with van der Waals surface area (Å²) >= 11 is 0. The Labute approximate surface area is 219 Å². The van der Waals surface area contributed by atoms with Crippen molar-refractivity contribution in [3.63, 3.8) is 0 Å². The number of nitrogens with one attached hydrogen (secondary N) is 1. The molecule has 0 bridgehead atoms. The lowest BCUT2D eigenvalue weighted by atomic mass is 9.85. The van der Waals surface area contributed by atoms with Crippen LogP contribution in [0.3, 0.4) is 0 Å². The zero-order valence-corrected chi connectivity index (χ0v) is 21.9. The van der Waals surface area contributed by atoms with Crippen molar-refractivity contribution in [2.75, 3.05) is 49.6 Å². The second-order valence-electron chi connectivity index (χ2n) is 10.7. The Balaban J connectivity index is 1.28. The van der Waals surface area contributed by atoms with Crippen LogP contribution in [0.15, 0.2) is 54.6 Å². The van der Waals surface area contributed by atoms with Gasteiger partial charge in [-0.1, -0.05) is 44.2 Å². The predicted octanol–water partition coefficient (Wildman–Crippen LogP) is 4.11. The Hall–Kier alpha value is -3.55. The Morgan fingerprint density at radius 1 is 0.892 bits per heavy atom. The van der Waals surface area contributed by atoms with Gasteiger partial charge in [0.2, 0.25) is 5.91 Å². The molecule has 1 N–H and O–H groups in total. The van der Waals surface area contributed by atoms with Crippen LogP contribution in [0.25, 0.3) is 0 Å². The summed E-state index contributed by atoms with van der Waals surface area (Å²) in [5.74, 6) is 0.453. The van der Waals surface area contributed by atoms with Gasteiger partial charge in [-0.05, 0) is 61.4 Å². The van der Waals surface area contributed by atoms with E-state index < -0.39 is 5.54 Å². The van der Waals surface area contributed by atoms with Gasteiger partial charge in [-0.2, -0.15) is 0 Å². The van der Waals surface area contributed by atoms with Crippen molar-refractivity contribution in [1.29, 1.82) is 0 Å². The fraction of sp³-hybridized carbons (Fsp3) is 0.483. The molecule has 3 aliphatic rings. The van der Waals surface area contributed by atoms with Gasteiger partial charge >= 0.3 is 6.03 Å². The number of para-hydroxylation sites is 1. The molecule has 3 fully saturated rings. The number of amides is 4. The molecule has 4 amide bonds. The molecule has 0 atom stereocenters. The van der Waals surface area contributed by atoms with Gasteiger partial charge < -0.3 is 24.9 Å². The fourth-order valence-electron chi connectivity index (χ4n) is 5.79. The number of piperidine rings is 1. The molecule has 0 aliphatic carbocycles. The number of benzene rings is 2. The topological polar surface area (TPSA) is 76.2 Å². The van der Waals surface area contributed by atoms with Gasteiger partial charge in [-0.25, -0.2) is 4.79 Å². The lowest BCUT2D eigenvalue weighted by molar-refractivity contribution is -0.140. The van der Waals surface area contributed by atoms with E-state index in [9.17, 15) is 14.4 Å². The number of carbonyl (C=O) groups excluding carboxylic acids is 3. The summed E-state index contributed by atoms with van der Waals surface area (Å²) in [6.45, 7) is 7.28. The van der Waals surface area contributed by atoms with Crippen LogP contribution in [-0.4, -0.2) is 77.5 Å². The predicted molar refractivity (Wildman–Crippen MR) is 144 cm³/mol. The van der Waals surface area contributed by atoms with Crippen molar-refractivity contribution in [3.8, 4) is 0 Å². The summed E-state index contributed by atoms with van der Waals surface area (Å²) < 4.78 is 0. The molecule has 2 aromatic rings. The molecule has 3 saturated heterocycles. The largest absolute Gasteiger partial charge is 0.341 e. The maximum Gasteiger partial charge on any atom is 0.321 e. The highest BCUT2D eigenvalue weighted by atomic mass is 16.2. The van der Waals surface area contributed by atoms with Gasteiger partial charge in [-0.3, -0.25) is 9.59 Å². The van der Waals surface area contributed by atoms with E-state index >= 15 is 0 Å². The molecule has 0 radical (unpaired) electrons. The summed E-state index contributed by atoms with van der Waals surface area (Å²) in [4.78, 5) is 47.3. The van der Waals surface area contributed by atoms with Gasteiger partial charge in [-0.15, -0.1) is 0 Å². The number of likely N-dealkylation sites (tertiary alicyclic amines) is 2. The molecule has 5 rings (SSSR count). The van der Waals surface area contributed by atoms with Crippen LogP contribution in [0.4, 0.5) is 16.2 Å². The molecule has 196 valence electrons. The third-order valence-electron chi connectivity index (χ3n) is 8.07. The standard InChI is InChI=1S/C29H37N5O3/c1-22(2)23-10-12-24(13-11-23)30-28(37)32-18-14-29(15-19-32)27(36)33(20-26(35)31-16-6-7-17-31)21-34(29)25-8-4-3-5-9-25/h3-5,8-13,22H,6-7,14-21H2,1-2H3,(H,30,37). The van der Waals surface area contributed by atoms with Crippen molar-refractivity contribution >= 4 is 29.2 Å². The molecule has 37 heavy (non-hydrogen) atoms. The highest BCUT2D eigenvalue weighted by Crippen LogP contribution is 2.39. The number of hydrogen-bond acceptors (Lipinski definition) is 4. The van der Waals surface area contributed by atoms with E-state index in [0.29, 0.717) is 38.5 Å². The normalized spacial score (nSPS) is 19.3. The average molecular weight is 504 g/mol. The van der Waals surface area contributed by atoms with E-state index in [1.165, 1.54) is 5.56 Å². The highest BCUT2D eigenvalue weighted by molar-refractivity contribution is 5.97. The van der Waals surface area contributed by atoms with Gasteiger partial charge in [0.25, 0.3) is 5.91 Å². The lowest BCUT2D eigenvalue weighted by Crippen LogP contribution is -2.58. The van der Waals surface area contributed by atoms with Crippen molar-refractivity contribution in [2.45, 2.75) is 51.0 Å². The van der Waals surface area contributed by atoms with E-state index in [4.69, 9.17) is 0 Å². The van der Waals surface area contributed by atoms with Crippen LogP contribution in [0.5, 0.6) is 0 Å². The summed E-state index contributed by atoms with van der Waals surface area (Å²) in [5, 5.41) is 3.00. The highest BCUT2D eigenvalue weighted by Gasteiger charge is 2.54. The van der Waals surface area contributed by atoms with Gasteiger partial charge in [0.15, 0.2) is 0 Å². The molecular weight excluding hydrogens is 466 g/mol. The van der Waals surface area contributed by atoms with E-state index in [1.54, 1.807) is 9.80 Å². The summed E-state index contributed by atoms with van der Waals surface area (Å²) in [7, 11) is 0. The average Bonchev–Trinajstić information content (AvgIpc) is 3.54. The van der Waals surface area contributed by atoms with Crippen molar-refractivity contribution in [1.82, 2.24) is 14.7 Å². The molecule has 3 heterocycles. The van der Waals surface area contributed by atoms with Gasteiger partial charge in [0, 0.05) is 37.6 Å². The zero-order valence-electron chi connectivity index (χ0n) is 21.9. The molecule has 8 heteroatoms. The Morgan fingerprint density at radius 3 is 2.16 bits per heavy atom. The summed E-state index contributed by atoms with van der Waals surface area (Å²) in [6, 6.07) is 17.7. The van der Waals surface area contributed by atoms with Crippen molar-refractivity contribution in [2.24, 2.45) is 0 Å². The van der Waals surface area contributed by atoms with E-state index in [0.717, 1.165) is 37.3 Å². The molecule has 3 aliphatic heterocycles. The number of anilines is 2. The minimum Gasteiger partial charge on any atom is -0.341 e. The van der Waals surface area contributed by atoms with Crippen LogP contribution in [0.2, 0.25) is 0 Å². The van der Waals surface area contributed by atoms with Crippen LogP contribution in [0, 0.1) is 0 Å². The Bertz CT molecular complexity index is 1120. The van der Waals surface area contributed by atoms with Gasteiger partial charge in [0.05, 0.1) is 6.67 Å². The number of urea groups is 1. The first-order chi connectivity index (χ1) is 17.9. The van der Waals surface area contributed by atoms with Crippen LogP contribution in [-0.2, 0) is 9.59 Å². The first-order valence-corrected chi connectivity index (χ1v) is 13.4. The molecule has 2 aromatic carbocycles. The minimum atomic E-state index is -0.748. The molecule has 0 aromatic heterocycles. The van der Waals surface area contributed by atoms with E-state index in [-0.39, 0.29) is 24.4 Å². The Morgan fingerprint density at radius 2 is 1.54 bits per heavy atom. The quantitative estimate of drug-likeness (QED) is 0.667. The zero-order chi connectivity index (χ0) is 26.0. The van der Waals surface area contributed by atoms with E-state index in [2.05, 4.69) is 24.1 Å². The van der Waals surface area contributed by atoms with Crippen molar-refractivity contribution in [3.05, 3.63) is 60.2 Å². The first-order valence-electron chi connectivity index (χ1n) is 13.4. The maximum atomic E-state index is 13.9. The molecule has 8 nitrogen and oxygen atoms in total. The Kier molecular flexibility index (Phi) is 7.09. The second-order valence-corrected chi connectivity index (χ2v) is 10.7. The van der Waals surface area contributed by atoms with Crippen LogP contribution < -0.4 is 10.2 Å². The summed E-state index contributed by atoms with van der Waals surface area (Å²) in [6.07, 6.45) is 3.10. The minimum absolute atomic E-state index is 0.00627. The van der Waals surface area contributed by atoms with Gasteiger partial charge in [0.1, 0.15) is 12.1 Å². The lowest BCUT2D eigenvalue weighted by Gasteiger charge is -2.43. The maximum absolute atomic E-state index is 13.9. The number of nitrogens with zero attached hydrogens (tertiary/aromatic N) is 4. The van der Waals surface area contributed by atoms with Crippen LogP contribution >= 0.6 is 0 Å². The SMILES string of the molecule is CC(C)c1ccc(NC(=O)N2CCC3(CC2)C(=O)N(CC(=O)N2CCCC2)CN3c2ccccc2)cc1. The summed E-state index contributed by atoms with van der Waals surface area (Å²) in [5.41, 5.74) is 2.22. The van der Waals surface area contributed by atoms with Crippen molar-refractivity contribution < 1.29 is 14.4 Å². The number of rotatable bonds is 5. The molecule has 0 saturated carbocycles.